The minimum atomic E-state index is -0.607. The molecule has 1 aromatic carbocycles. The number of hydrogen-bond donors (Lipinski definition) is 0. The predicted molar refractivity (Wildman–Crippen MR) is 82.9 cm³/mol. The van der Waals surface area contributed by atoms with Crippen LogP contribution in [0.5, 0.6) is 0 Å². The van der Waals surface area contributed by atoms with Gasteiger partial charge in [0, 0.05) is 32.4 Å². The van der Waals surface area contributed by atoms with Crippen molar-refractivity contribution in [2.45, 2.75) is 31.2 Å². The Labute approximate surface area is 139 Å². The Morgan fingerprint density at radius 2 is 1.83 bits per heavy atom. The number of rotatable bonds is 2. The maximum atomic E-state index is 13.0. The number of carbonyl (C=O) groups excluding carboxylic acids is 1. The average molecular weight is 334 g/mol. The Morgan fingerprint density at radius 1 is 1.17 bits per heavy atom. The Hall–Kier alpha value is -1.99. The van der Waals surface area contributed by atoms with Gasteiger partial charge in [0.25, 0.3) is 5.91 Å². The molecule has 0 saturated carbocycles. The third-order valence-electron chi connectivity index (χ3n) is 4.77. The van der Waals surface area contributed by atoms with Crippen molar-refractivity contribution in [3.05, 3.63) is 35.6 Å². The molecule has 0 unspecified atom stereocenters. The van der Waals surface area contributed by atoms with Crippen LogP contribution in [0.25, 0.3) is 0 Å². The lowest BCUT2D eigenvalue weighted by Crippen LogP contribution is -2.50. The van der Waals surface area contributed by atoms with Gasteiger partial charge in [0.05, 0.1) is 18.9 Å². The van der Waals surface area contributed by atoms with Crippen LogP contribution in [0.4, 0.5) is 4.39 Å². The van der Waals surface area contributed by atoms with E-state index in [4.69, 9.17) is 14.3 Å². The van der Waals surface area contributed by atoms with Gasteiger partial charge in [-0.15, -0.1) is 0 Å². The normalized spacial score (nSPS) is 25.6. The number of hydrogen-bond acceptors (Lipinski definition) is 5. The predicted octanol–water partition coefficient (Wildman–Crippen LogP) is 1.68. The van der Waals surface area contributed by atoms with E-state index in [9.17, 15) is 9.18 Å². The number of amides is 1. The molecule has 3 heterocycles. The Balaban J connectivity index is 1.34. The SMILES string of the molecule is O=C([C@@H]1CC(c2ccc(F)cc2)=NO1)N1CCC2(CC1)OCCO2. The fourth-order valence-electron chi connectivity index (χ4n) is 3.38. The first-order valence-corrected chi connectivity index (χ1v) is 8.21. The molecular formula is C17H19FN2O4. The average Bonchev–Trinajstić information content (AvgIpc) is 3.26. The van der Waals surface area contributed by atoms with E-state index >= 15 is 0 Å². The van der Waals surface area contributed by atoms with Crippen LogP contribution in [0.2, 0.25) is 0 Å². The fourth-order valence-corrected chi connectivity index (χ4v) is 3.38. The van der Waals surface area contributed by atoms with Crippen LogP contribution in [0, 0.1) is 5.82 Å². The number of oxime groups is 1. The van der Waals surface area contributed by atoms with Crippen LogP contribution in [0.15, 0.2) is 29.4 Å². The zero-order chi connectivity index (χ0) is 16.6. The summed E-state index contributed by atoms with van der Waals surface area (Å²) >= 11 is 0. The Bertz CT molecular complexity index is 645. The second-order valence-electron chi connectivity index (χ2n) is 6.28. The molecule has 3 aliphatic heterocycles. The van der Waals surface area contributed by atoms with Gasteiger partial charge in [-0.05, 0) is 17.7 Å². The molecule has 2 fully saturated rings. The van der Waals surface area contributed by atoms with Crippen LogP contribution in [-0.2, 0) is 19.1 Å². The number of likely N-dealkylation sites (tertiary alicyclic amines) is 1. The van der Waals surface area contributed by atoms with Crippen LogP contribution in [0.3, 0.4) is 0 Å². The molecule has 2 saturated heterocycles. The molecule has 7 heteroatoms. The molecule has 0 aromatic heterocycles. The van der Waals surface area contributed by atoms with Crippen molar-refractivity contribution in [1.29, 1.82) is 0 Å². The van der Waals surface area contributed by atoms with E-state index in [0.717, 1.165) is 5.56 Å². The number of carbonyl (C=O) groups is 1. The van der Waals surface area contributed by atoms with E-state index in [2.05, 4.69) is 5.16 Å². The number of piperidine rings is 1. The molecule has 4 rings (SSSR count). The van der Waals surface area contributed by atoms with Crippen molar-refractivity contribution >= 4 is 11.6 Å². The first-order chi connectivity index (χ1) is 11.7. The highest BCUT2D eigenvalue weighted by atomic mass is 19.1. The van der Waals surface area contributed by atoms with Gasteiger partial charge in [0.2, 0.25) is 6.10 Å². The molecule has 1 aromatic rings. The number of benzene rings is 1. The van der Waals surface area contributed by atoms with Gasteiger partial charge in [-0.2, -0.15) is 0 Å². The zero-order valence-electron chi connectivity index (χ0n) is 13.2. The zero-order valence-corrected chi connectivity index (χ0v) is 13.2. The summed E-state index contributed by atoms with van der Waals surface area (Å²) in [5.41, 5.74) is 1.45. The summed E-state index contributed by atoms with van der Waals surface area (Å²) in [7, 11) is 0. The summed E-state index contributed by atoms with van der Waals surface area (Å²) in [5, 5.41) is 4.00. The second-order valence-corrected chi connectivity index (χ2v) is 6.28. The molecule has 6 nitrogen and oxygen atoms in total. The van der Waals surface area contributed by atoms with Gasteiger partial charge in [0.15, 0.2) is 5.79 Å². The van der Waals surface area contributed by atoms with Crippen molar-refractivity contribution in [3.63, 3.8) is 0 Å². The van der Waals surface area contributed by atoms with Gasteiger partial charge in [-0.3, -0.25) is 4.79 Å². The van der Waals surface area contributed by atoms with Crippen molar-refractivity contribution < 1.29 is 23.5 Å². The van der Waals surface area contributed by atoms with E-state index in [1.54, 1.807) is 17.0 Å². The summed E-state index contributed by atoms with van der Waals surface area (Å²) in [6.07, 6.45) is 1.15. The maximum Gasteiger partial charge on any atom is 0.266 e. The van der Waals surface area contributed by atoms with Crippen LogP contribution in [-0.4, -0.2) is 54.7 Å². The quantitative estimate of drug-likeness (QED) is 0.826. The molecule has 24 heavy (non-hydrogen) atoms. The highest BCUT2D eigenvalue weighted by molar-refractivity contribution is 6.04. The van der Waals surface area contributed by atoms with E-state index < -0.39 is 11.9 Å². The lowest BCUT2D eigenvalue weighted by atomic mass is 10.0. The third-order valence-corrected chi connectivity index (χ3v) is 4.77. The molecule has 0 radical (unpaired) electrons. The summed E-state index contributed by atoms with van der Waals surface area (Å²) in [6.45, 7) is 2.41. The minimum absolute atomic E-state index is 0.0660. The van der Waals surface area contributed by atoms with Crippen molar-refractivity contribution in [2.24, 2.45) is 5.16 Å². The number of ether oxygens (including phenoxy) is 2. The van der Waals surface area contributed by atoms with Gasteiger partial charge >= 0.3 is 0 Å². The van der Waals surface area contributed by atoms with Crippen molar-refractivity contribution in [2.75, 3.05) is 26.3 Å². The van der Waals surface area contributed by atoms with Crippen LogP contribution in [0.1, 0.15) is 24.8 Å². The lowest BCUT2D eigenvalue weighted by molar-refractivity contribution is -0.189. The minimum Gasteiger partial charge on any atom is -0.382 e. The van der Waals surface area contributed by atoms with Crippen LogP contribution < -0.4 is 0 Å². The number of nitrogens with zero attached hydrogens (tertiary/aromatic N) is 2. The molecule has 1 amide bonds. The van der Waals surface area contributed by atoms with E-state index in [-0.39, 0.29) is 11.7 Å². The highest BCUT2D eigenvalue weighted by Gasteiger charge is 2.42. The van der Waals surface area contributed by atoms with E-state index in [1.807, 2.05) is 0 Å². The Kier molecular flexibility index (Phi) is 3.97. The maximum absolute atomic E-state index is 13.0. The molecule has 128 valence electrons. The number of halogens is 1. The van der Waals surface area contributed by atoms with Gasteiger partial charge < -0.3 is 19.2 Å². The molecule has 0 N–H and O–H groups in total. The smallest absolute Gasteiger partial charge is 0.266 e. The van der Waals surface area contributed by atoms with E-state index in [0.29, 0.717) is 51.3 Å². The molecule has 3 aliphatic rings. The monoisotopic (exact) mass is 334 g/mol. The first-order valence-electron chi connectivity index (χ1n) is 8.21. The van der Waals surface area contributed by atoms with Crippen LogP contribution >= 0.6 is 0 Å². The fraction of sp³-hybridized carbons (Fsp3) is 0.529. The van der Waals surface area contributed by atoms with Gasteiger partial charge in [-0.1, -0.05) is 17.3 Å². The molecule has 0 aliphatic carbocycles. The van der Waals surface area contributed by atoms with Crippen molar-refractivity contribution in [1.82, 2.24) is 4.90 Å². The topological polar surface area (TPSA) is 60.4 Å². The Morgan fingerprint density at radius 3 is 2.50 bits per heavy atom. The van der Waals surface area contributed by atoms with E-state index in [1.165, 1.54) is 12.1 Å². The highest BCUT2D eigenvalue weighted by Crippen LogP contribution is 2.32. The van der Waals surface area contributed by atoms with Gasteiger partial charge in [-0.25, -0.2) is 4.39 Å². The summed E-state index contributed by atoms with van der Waals surface area (Å²) < 4.78 is 24.3. The summed E-state index contributed by atoms with van der Waals surface area (Å²) in [4.78, 5) is 19.7. The lowest BCUT2D eigenvalue weighted by Gasteiger charge is -2.38. The third kappa shape index (κ3) is 2.89. The standard InChI is InChI=1S/C17H19FN2O4/c18-13-3-1-12(2-4-13)14-11-15(24-19-14)16(21)20-7-5-17(6-8-20)22-9-10-23-17/h1-4,15H,5-11H2/t15-/m0/s1. The molecule has 1 spiro atoms. The van der Waals surface area contributed by atoms with Crippen molar-refractivity contribution in [3.8, 4) is 0 Å². The summed E-state index contributed by atoms with van der Waals surface area (Å²) in [6, 6.07) is 6.03. The largest absolute Gasteiger partial charge is 0.382 e. The second kappa shape index (κ2) is 6.14. The molecular weight excluding hydrogens is 315 g/mol. The summed E-state index contributed by atoms with van der Waals surface area (Å²) in [5.74, 6) is -0.864. The first kappa shape index (κ1) is 15.5. The molecule has 0 bridgehead atoms. The molecule has 1 atom stereocenters. The van der Waals surface area contributed by atoms with Gasteiger partial charge in [0.1, 0.15) is 5.82 Å².